The fourth-order valence-corrected chi connectivity index (χ4v) is 2.52. The lowest BCUT2D eigenvalue weighted by atomic mass is 10.2. The van der Waals surface area contributed by atoms with Crippen LogP contribution in [0.15, 0.2) is 18.2 Å². The van der Waals surface area contributed by atoms with Gasteiger partial charge >= 0.3 is 0 Å². The van der Waals surface area contributed by atoms with Crippen molar-refractivity contribution in [2.45, 2.75) is 38.1 Å². The first-order chi connectivity index (χ1) is 7.64. The molecule has 0 unspecified atom stereocenters. The zero-order valence-corrected chi connectivity index (χ0v) is 10.4. The van der Waals surface area contributed by atoms with Crippen molar-refractivity contribution in [1.29, 1.82) is 0 Å². The van der Waals surface area contributed by atoms with Gasteiger partial charge in [0.05, 0.1) is 16.9 Å². The van der Waals surface area contributed by atoms with Gasteiger partial charge in [-0.1, -0.05) is 6.07 Å². The minimum absolute atomic E-state index is 0.258. The monoisotopic (exact) mass is 234 g/mol. The average Bonchev–Trinajstić information content (AvgIpc) is 2.89. The second-order valence-electron chi connectivity index (χ2n) is 4.99. The third-order valence-corrected chi connectivity index (χ3v) is 3.75. The van der Waals surface area contributed by atoms with Gasteiger partial charge in [-0.3, -0.25) is 0 Å². The molecule has 1 aliphatic carbocycles. The van der Waals surface area contributed by atoms with Gasteiger partial charge in [-0.2, -0.15) is 0 Å². The molecule has 0 N–H and O–H groups in total. The van der Waals surface area contributed by atoms with Gasteiger partial charge in [-0.25, -0.2) is 4.98 Å². The summed E-state index contributed by atoms with van der Waals surface area (Å²) in [6, 6.07) is 6.44. The van der Waals surface area contributed by atoms with Crippen molar-refractivity contribution in [2.24, 2.45) is 0 Å². The van der Waals surface area contributed by atoms with Crippen LogP contribution in [0.2, 0.25) is 0 Å². The van der Waals surface area contributed by atoms with Crippen molar-refractivity contribution in [3.05, 3.63) is 29.6 Å². The summed E-state index contributed by atoms with van der Waals surface area (Å²) in [5, 5.41) is 0. The molecule has 0 aliphatic heterocycles. The Labute approximate surface area is 100 Å². The molecule has 1 saturated carbocycles. The van der Waals surface area contributed by atoms with Crippen LogP contribution in [-0.4, -0.2) is 9.55 Å². The lowest BCUT2D eigenvalue weighted by Crippen LogP contribution is -2.14. The van der Waals surface area contributed by atoms with E-state index < -0.39 is 0 Å². The van der Waals surface area contributed by atoms with E-state index in [9.17, 15) is 0 Å². The molecule has 0 amide bonds. The normalized spacial score (nSPS) is 17.9. The Hall–Kier alpha value is -1.02. The highest BCUT2D eigenvalue weighted by Crippen LogP contribution is 2.45. The Morgan fingerprint density at radius 3 is 2.81 bits per heavy atom. The molecule has 3 heteroatoms. The summed E-state index contributed by atoms with van der Waals surface area (Å²) in [6.07, 6.45) is 2.46. The highest BCUT2D eigenvalue weighted by molar-refractivity contribution is 6.16. The molecular formula is C13H15ClN2. The van der Waals surface area contributed by atoms with Gasteiger partial charge in [0.25, 0.3) is 0 Å². The third kappa shape index (κ3) is 1.36. The molecule has 0 spiro atoms. The molecule has 1 aromatic heterocycles. The lowest BCUT2D eigenvalue weighted by molar-refractivity contribution is 0.531. The van der Waals surface area contributed by atoms with Crippen LogP contribution in [0, 0.1) is 6.92 Å². The van der Waals surface area contributed by atoms with Crippen molar-refractivity contribution >= 4 is 22.6 Å². The van der Waals surface area contributed by atoms with Crippen molar-refractivity contribution in [1.82, 2.24) is 9.55 Å². The van der Waals surface area contributed by atoms with Gasteiger partial charge in [0.2, 0.25) is 0 Å². The zero-order valence-electron chi connectivity index (χ0n) is 9.63. The van der Waals surface area contributed by atoms with Crippen molar-refractivity contribution in [3.8, 4) is 0 Å². The topological polar surface area (TPSA) is 17.8 Å². The van der Waals surface area contributed by atoms with E-state index in [-0.39, 0.29) is 5.54 Å². The molecule has 1 heterocycles. The van der Waals surface area contributed by atoms with Crippen LogP contribution in [0.1, 0.15) is 31.2 Å². The maximum Gasteiger partial charge on any atom is 0.125 e. The van der Waals surface area contributed by atoms with Gasteiger partial charge < -0.3 is 4.57 Å². The molecule has 0 atom stereocenters. The third-order valence-electron chi connectivity index (χ3n) is 3.51. The molecule has 1 fully saturated rings. The number of hydrogen-bond donors (Lipinski definition) is 0. The Bertz CT molecular complexity index is 552. The number of halogens is 1. The summed E-state index contributed by atoms with van der Waals surface area (Å²) in [4.78, 5) is 4.63. The van der Waals surface area contributed by atoms with Gasteiger partial charge in [0.1, 0.15) is 5.82 Å². The van der Waals surface area contributed by atoms with Crippen LogP contribution >= 0.6 is 11.6 Å². The molecule has 0 radical (unpaired) electrons. The second-order valence-corrected chi connectivity index (χ2v) is 5.25. The van der Waals surface area contributed by atoms with E-state index in [4.69, 9.17) is 11.6 Å². The number of hydrogen-bond acceptors (Lipinski definition) is 1. The molecular weight excluding hydrogens is 220 g/mol. The van der Waals surface area contributed by atoms with E-state index in [1.54, 1.807) is 0 Å². The summed E-state index contributed by atoms with van der Waals surface area (Å²) in [5.74, 6) is 1.49. The van der Waals surface area contributed by atoms with Gasteiger partial charge in [-0.15, -0.1) is 11.6 Å². The highest BCUT2D eigenvalue weighted by atomic mass is 35.5. The Morgan fingerprint density at radius 2 is 2.19 bits per heavy atom. The molecule has 1 aliphatic rings. The summed E-state index contributed by atoms with van der Waals surface area (Å²) in [5.41, 5.74) is 3.80. The van der Waals surface area contributed by atoms with Crippen LogP contribution in [-0.2, 0) is 11.4 Å². The molecule has 0 saturated heterocycles. The van der Waals surface area contributed by atoms with E-state index in [1.165, 1.54) is 23.9 Å². The van der Waals surface area contributed by atoms with Crippen molar-refractivity contribution in [2.75, 3.05) is 0 Å². The SMILES string of the molecule is Cc1ccc2c(c1)nc(CCl)n2C1(C)CC1. The number of rotatable bonds is 2. The first kappa shape index (κ1) is 10.2. The predicted molar refractivity (Wildman–Crippen MR) is 66.9 cm³/mol. The molecule has 16 heavy (non-hydrogen) atoms. The smallest absolute Gasteiger partial charge is 0.125 e. The number of aryl methyl sites for hydroxylation is 1. The van der Waals surface area contributed by atoms with Gasteiger partial charge in [0.15, 0.2) is 0 Å². The number of imidazole rings is 1. The van der Waals surface area contributed by atoms with Crippen molar-refractivity contribution < 1.29 is 0 Å². The summed E-state index contributed by atoms with van der Waals surface area (Å²) in [7, 11) is 0. The lowest BCUT2D eigenvalue weighted by Gasteiger charge is -2.14. The summed E-state index contributed by atoms with van der Waals surface area (Å²) < 4.78 is 2.33. The minimum Gasteiger partial charge on any atom is -0.321 e. The van der Waals surface area contributed by atoms with E-state index >= 15 is 0 Å². The molecule has 1 aromatic carbocycles. The number of alkyl halides is 1. The van der Waals surface area contributed by atoms with Crippen LogP contribution in [0.3, 0.4) is 0 Å². The van der Waals surface area contributed by atoms with Crippen LogP contribution < -0.4 is 0 Å². The standard InChI is InChI=1S/C13H15ClN2/c1-9-3-4-11-10(7-9)15-12(8-14)16(11)13(2)5-6-13/h3-4,7H,5-6,8H2,1-2H3. The fraction of sp³-hybridized carbons (Fsp3) is 0.462. The zero-order chi connectivity index (χ0) is 11.3. The van der Waals surface area contributed by atoms with Crippen LogP contribution in [0.4, 0.5) is 0 Å². The van der Waals surface area contributed by atoms with Crippen molar-refractivity contribution in [3.63, 3.8) is 0 Å². The summed E-state index contributed by atoms with van der Waals surface area (Å²) >= 11 is 5.99. The van der Waals surface area contributed by atoms with E-state index in [0.29, 0.717) is 5.88 Å². The quantitative estimate of drug-likeness (QED) is 0.727. The summed E-state index contributed by atoms with van der Waals surface area (Å²) in [6.45, 7) is 4.38. The average molecular weight is 235 g/mol. The van der Waals surface area contributed by atoms with Crippen LogP contribution in [0.25, 0.3) is 11.0 Å². The number of fused-ring (bicyclic) bond motifs is 1. The molecule has 2 nitrogen and oxygen atoms in total. The second kappa shape index (κ2) is 3.24. The Balaban J connectivity index is 2.31. The number of benzene rings is 1. The largest absolute Gasteiger partial charge is 0.321 e. The minimum atomic E-state index is 0.258. The molecule has 2 aromatic rings. The maximum absolute atomic E-state index is 5.99. The maximum atomic E-state index is 5.99. The fourth-order valence-electron chi connectivity index (χ4n) is 2.34. The highest BCUT2D eigenvalue weighted by Gasteiger charge is 2.41. The van der Waals surface area contributed by atoms with E-state index in [2.05, 4.69) is 41.6 Å². The van der Waals surface area contributed by atoms with E-state index in [1.807, 2.05) is 0 Å². The molecule has 84 valence electrons. The molecule has 3 rings (SSSR count). The molecule has 0 bridgehead atoms. The van der Waals surface area contributed by atoms with Crippen LogP contribution in [0.5, 0.6) is 0 Å². The Morgan fingerprint density at radius 1 is 1.44 bits per heavy atom. The van der Waals surface area contributed by atoms with Gasteiger partial charge in [0, 0.05) is 5.54 Å². The van der Waals surface area contributed by atoms with E-state index in [0.717, 1.165) is 11.3 Å². The Kier molecular flexibility index (Phi) is 2.05. The first-order valence-corrected chi connectivity index (χ1v) is 6.22. The predicted octanol–water partition coefficient (Wildman–Crippen LogP) is 3.59. The van der Waals surface area contributed by atoms with Gasteiger partial charge in [-0.05, 0) is 44.4 Å². The number of aromatic nitrogens is 2. The first-order valence-electron chi connectivity index (χ1n) is 5.68. The number of nitrogens with zero attached hydrogens (tertiary/aromatic N) is 2.